The molecule has 2 heterocycles. The van der Waals surface area contributed by atoms with Crippen molar-refractivity contribution in [2.24, 2.45) is 0 Å². The first kappa shape index (κ1) is 21.9. The van der Waals surface area contributed by atoms with Crippen LogP contribution >= 0.6 is 0 Å². The summed E-state index contributed by atoms with van der Waals surface area (Å²) in [5.74, 6) is -0.195. The van der Waals surface area contributed by atoms with E-state index in [1.54, 1.807) is 12.1 Å². The molecule has 7 nitrogen and oxygen atoms in total. The highest BCUT2D eigenvalue weighted by Gasteiger charge is 2.26. The number of nitrogens with zero attached hydrogens (tertiary/aromatic N) is 4. The average Bonchev–Trinajstić information content (AvgIpc) is 2.84. The fraction of sp³-hybridized carbons (Fsp3) is 0.320. The van der Waals surface area contributed by atoms with Crippen molar-refractivity contribution in [2.75, 3.05) is 32.8 Å². The van der Waals surface area contributed by atoms with Crippen LogP contribution in [0.5, 0.6) is 0 Å². The van der Waals surface area contributed by atoms with E-state index in [-0.39, 0.29) is 23.2 Å². The van der Waals surface area contributed by atoms with Gasteiger partial charge in [-0.1, -0.05) is 48.5 Å². The Morgan fingerprint density at radius 3 is 2.34 bits per heavy atom. The Kier molecular flexibility index (Phi) is 7.09. The van der Waals surface area contributed by atoms with Gasteiger partial charge in [0.25, 0.3) is 11.5 Å². The van der Waals surface area contributed by atoms with Crippen molar-refractivity contribution in [3.8, 4) is 5.69 Å². The van der Waals surface area contributed by atoms with Gasteiger partial charge in [-0.2, -0.15) is 9.78 Å². The minimum Gasteiger partial charge on any atom is -0.379 e. The number of aromatic nitrogens is 2. The molecule has 1 amide bonds. The fourth-order valence-electron chi connectivity index (χ4n) is 3.89. The van der Waals surface area contributed by atoms with E-state index in [9.17, 15) is 9.59 Å². The van der Waals surface area contributed by atoms with Crippen LogP contribution in [0.4, 0.5) is 0 Å². The summed E-state index contributed by atoms with van der Waals surface area (Å²) >= 11 is 0. The van der Waals surface area contributed by atoms with Crippen molar-refractivity contribution in [3.05, 3.63) is 94.4 Å². The van der Waals surface area contributed by atoms with Gasteiger partial charge >= 0.3 is 0 Å². The molecule has 0 radical (unpaired) electrons. The second-order valence-electron chi connectivity index (χ2n) is 7.98. The third-order valence-electron chi connectivity index (χ3n) is 5.63. The van der Waals surface area contributed by atoms with Crippen LogP contribution < -0.4 is 5.56 Å². The first-order valence-electron chi connectivity index (χ1n) is 10.9. The maximum atomic E-state index is 13.6. The van der Waals surface area contributed by atoms with Crippen LogP contribution in [0.1, 0.15) is 23.0 Å². The maximum Gasteiger partial charge on any atom is 0.274 e. The molecule has 3 aromatic rings. The van der Waals surface area contributed by atoms with E-state index in [0.717, 1.165) is 25.2 Å². The van der Waals surface area contributed by atoms with Gasteiger partial charge < -0.3 is 9.64 Å². The highest BCUT2D eigenvalue weighted by Crippen LogP contribution is 2.14. The summed E-state index contributed by atoms with van der Waals surface area (Å²) < 4.78 is 6.73. The molecule has 1 unspecified atom stereocenters. The van der Waals surface area contributed by atoms with Crippen molar-refractivity contribution in [2.45, 2.75) is 19.5 Å². The highest BCUT2D eigenvalue weighted by atomic mass is 16.5. The molecule has 2 aromatic carbocycles. The summed E-state index contributed by atoms with van der Waals surface area (Å²) in [7, 11) is 0. The molecule has 1 atom stereocenters. The number of ether oxygens (including phenoxy) is 1. The van der Waals surface area contributed by atoms with E-state index in [0.29, 0.717) is 25.4 Å². The van der Waals surface area contributed by atoms with Crippen LogP contribution in [-0.2, 0) is 11.3 Å². The Morgan fingerprint density at radius 1 is 1.00 bits per heavy atom. The minimum absolute atomic E-state index is 0.0419. The molecular formula is C25H28N4O3. The molecule has 0 saturated carbocycles. The van der Waals surface area contributed by atoms with Gasteiger partial charge in [0.05, 0.1) is 18.9 Å². The van der Waals surface area contributed by atoms with Crippen molar-refractivity contribution < 1.29 is 9.53 Å². The molecule has 1 saturated heterocycles. The van der Waals surface area contributed by atoms with E-state index in [1.807, 2.05) is 53.4 Å². The van der Waals surface area contributed by atoms with Gasteiger partial charge in [0.1, 0.15) is 5.69 Å². The predicted octanol–water partition coefficient (Wildman–Crippen LogP) is 2.60. The molecule has 0 aliphatic carbocycles. The van der Waals surface area contributed by atoms with Crippen LogP contribution in [0.25, 0.3) is 5.69 Å². The molecule has 0 bridgehead atoms. The molecule has 0 spiro atoms. The van der Waals surface area contributed by atoms with E-state index in [1.165, 1.54) is 16.8 Å². The van der Waals surface area contributed by atoms with Gasteiger partial charge in [-0.25, -0.2) is 0 Å². The molecule has 1 fully saturated rings. The number of carbonyl (C=O) groups excluding carboxylic acids is 1. The number of morpholine rings is 1. The van der Waals surface area contributed by atoms with Gasteiger partial charge in [-0.15, -0.1) is 0 Å². The lowest BCUT2D eigenvalue weighted by atomic mass is 10.1. The zero-order chi connectivity index (χ0) is 22.3. The lowest BCUT2D eigenvalue weighted by Gasteiger charge is -2.35. The van der Waals surface area contributed by atoms with Crippen LogP contribution in [0, 0.1) is 0 Å². The van der Waals surface area contributed by atoms with Crippen LogP contribution in [0.15, 0.2) is 77.6 Å². The second kappa shape index (κ2) is 10.3. The molecular weight excluding hydrogens is 404 g/mol. The molecule has 1 aromatic heterocycles. The predicted molar refractivity (Wildman–Crippen MR) is 123 cm³/mol. The lowest BCUT2D eigenvalue weighted by molar-refractivity contribution is 0.0227. The minimum atomic E-state index is -0.274. The normalized spacial score (nSPS) is 15.3. The van der Waals surface area contributed by atoms with Crippen molar-refractivity contribution in [1.82, 2.24) is 19.6 Å². The number of hydrogen-bond donors (Lipinski definition) is 0. The third-order valence-corrected chi connectivity index (χ3v) is 5.63. The zero-order valence-electron chi connectivity index (χ0n) is 18.3. The van der Waals surface area contributed by atoms with Crippen molar-refractivity contribution >= 4 is 5.91 Å². The molecule has 166 valence electrons. The van der Waals surface area contributed by atoms with Gasteiger partial charge in [0.2, 0.25) is 0 Å². The summed E-state index contributed by atoms with van der Waals surface area (Å²) in [5.41, 5.74) is 1.65. The van der Waals surface area contributed by atoms with Gasteiger partial charge in [0, 0.05) is 38.3 Å². The lowest BCUT2D eigenvalue weighted by Crippen LogP contribution is -2.48. The molecule has 0 N–H and O–H groups in total. The fourth-order valence-corrected chi connectivity index (χ4v) is 3.89. The van der Waals surface area contributed by atoms with E-state index < -0.39 is 0 Å². The van der Waals surface area contributed by atoms with Crippen molar-refractivity contribution in [3.63, 3.8) is 0 Å². The number of rotatable bonds is 7. The Morgan fingerprint density at radius 2 is 1.66 bits per heavy atom. The number of para-hydroxylation sites is 1. The Bertz CT molecular complexity index is 1080. The zero-order valence-corrected chi connectivity index (χ0v) is 18.3. The summed E-state index contributed by atoms with van der Waals surface area (Å²) in [6.07, 6.45) is 0. The van der Waals surface area contributed by atoms with E-state index in [2.05, 4.69) is 16.9 Å². The smallest absolute Gasteiger partial charge is 0.274 e. The second-order valence-corrected chi connectivity index (χ2v) is 7.98. The quantitative estimate of drug-likeness (QED) is 0.574. The number of carbonyl (C=O) groups is 1. The number of amides is 1. The standard InChI is InChI=1S/C25H28N4O3/c1-20(18-27-14-16-32-17-15-27)28(19-21-8-4-2-5-9-21)25(31)23-12-13-24(30)29(26-23)22-10-6-3-7-11-22/h2-13,20H,14-19H2,1H3. The summed E-state index contributed by atoms with van der Waals surface area (Å²) in [5, 5.41) is 4.41. The van der Waals surface area contributed by atoms with Gasteiger partial charge in [0.15, 0.2) is 0 Å². The summed E-state index contributed by atoms with van der Waals surface area (Å²) in [6.45, 7) is 6.41. The van der Waals surface area contributed by atoms with Crippen LogP contribution in [0.3, 0.4) is 0 Å². The van der Waals surface area contributed by atoms with E-state index >= 15 is 0 Å². The summed E-state index contributed by atoms with van der Waals surface area (Å²) in [6, 6.07) is 22.0. The summed E-state index contributed by atoms with van der Waals surface area (Å²) in [4.78, 5) is 30.2. The Balaban J connectivity index is 1.62. The molecule has 4 rings (SSSR count). The number of benzene rings is 2. The molecule has 32 heavy (non-hydrogen) atoms. The third kappa shape index (κ3) is 5.30. The first-order valence-corrected chi connectivity index (χ1v) is 10.9. The molecule has 1 aliphatic heterocycles. The Hall–Kier alpha value is -3.29. The van der Waals surface area contributed by atoms with E-state index in [4.69, 9.17) is 4.74 Å². The van der Waals surface area contributed by atoms with Crippen LogP contribution in [0.2, 0.25) is 0 Å². The number of hydrogen-bond acceptors (Lipinski definition) is 5. The SMILES string of the molecule is CC(CN1CCOCC1)N(Cc1ccccc1)C(=O)c1ccc(=O)n(-c2ccccc2)n1. The Labute approximate surface area is 187 Å². The molecule has 7 heteroatoms. The van der Waals surface area contributed by atoms with Crippen LogP contribution in [-0.4, -0.2) is 64.4 Å². The molecule has 1 aliphatic rings. The highest BCUT2D eigenvalue weighted by molar-refractivity contribution is 5.92. The average molecular weight is 433 g/mol. The monoisotopic (exact) mass is 432 g/mol. The van der Waals surface area contributed by atoms with Gasteiger partial charge in [-0.3, -0.25) is 14.5 Å². The maximum absolute atomic E-state index is 13.6. The van der Waals surface area contributed by atoms with Gasteiger partial charge in [-0.05, 0) is 30.7 Å². The van der Waals surface area contributed by atoms with Crippen molar-refractivity contribution in [1.29, 1.82) is 0 Å². The first-order chi connectivity index (χ1) is 15.6. The topological polar surface area (TPSA) is 67.7 Å². The largest absolute Gasteiger partial charge is 0.379 e.